The molecule has 0 spiro atoms. The molecule has 11 heteroatoms. The second-order valence-corrected chi connectivity index (χ2v) is 11.6. The van der Waals surface area contributed by atoms with Gasteiger partial charge < -0.3 is 28.8 Å². The maximum Gasteiger partial charge on any atom is 0.301 e. The quantitative estimate of drug-likeness (QED) is 0.0839. The molecule has 45 heavy (non-hydrogen) atoms. The highest BCUT2D eigenvalue weighted by Crippen LogP contribution is 2.46. The number of ketones is 1. The number of carbonyl (C=O) groups is 2. The van der Waals surface area contributed by atoms with Gasteiger partial charge in [0, 0.05) is 5.56 Å². The van der Waals surface area contributed by atoms with Crippen LogP contribution in [0.4, 0.5) is 5.13 Å². The number of rotatable bonds is 11. The number of aliphatic hydroxyl groups excluding tert-OH is 1. The highest BCUT2D eigenvalue weighted by molar-refractivity contribution is 7.22. The lowest BCUT2D eigenvalue weighted by Crippen LogP contribution is -2.29. The first-order chi connectivity index (χ1) is 21.9. The van der Waals surface area contributed by atoms with E-state index in [1.54, 1.807) is 36.4 Å². The van der Waals surface area contributed by atoms with Crippen molar-refractivity contribution in [1.29, 1.82) is 0 Å². The average Bonchev–Trinajstić information content (AvgIpc) is 3.60. The zero-order valence-corrected chi connectivity index (χ0v) is 26.1. The van der Waals surface area contributed by atoms with Crippen molar-refractivity contribution in [2.45, 2.75) is 39.2 Å². The van der Waals surface area contributed by atoms with E-state index in [4.69, 9.17) is 28.7 Å². The minimum Gasteiger partial charge on any atom is -0.507 e. The summed E-state index contributed by atoms with van der Waals surface area (Å²) in [5.74, 6) is 0.674. The van der Waals surface area contributed by atoms with E-state index in [1.807, 2.05) is 25.1 Å². The molecule has 1 amide bonds. The highest BCUT2D eigenvalue weighted by atomic mass is 32.1. The number of anilines is 1. The SMILES string of the molecule is CCCCCOc1ccc(C2C(=C(O)c3ccc4c(c3)OCCO4)C(=O)C(=O)N2c2nc3ccc(OCC)cc3s2)cc1OC. The van der Waals surface area contributed by atoms with Crippen molar-refractivity contribution in [2.24, 2.45) is 0 Å². The Morgan fingerprint density at radius 1 is 0.978 bits per heavy atom. The summed E-state index contributed by atoms with van der Waals surface area (Å²) in [4.78, 5) is 33.7. The average molecular weight is 631 g/mol. The van der Waals surface area contributed by atoms with Crippen molar-refractivity contribution in [3.63, 3.8) is 0 Å². The molecule has 4 aromatic rings. The number of amides is 1. The molecular weight excluding hydrogens is 596 g/mol. The topological polar surface area (TPSA) is 117 Å². The minimum absolute atomic E-state index is 0.0791. The molecule has 3 aromatic carbocycles. The van der Waals surface area contributed by atoms with E-state index in [9.17, 15) is 14.7 Å². The highest BCUT2D eigenvalue weighted by Gasteiger charge is 2.48. The van der Waals surface area contributed by atoms with Crippen LogP contribution < -0.4 is 28.6 Å². The molecule has 0 aliphatic carbocycles. The second kappa shape index (κ2) is 13.1. The van der Waals surface area contributed by atoms with Gasteiger partial charge in [-0.3, -0.25) is 14.5 Å². The van der Waals surface area contributed by atoms with E-state index in [0.29, 0.717) is 77.0 Å². The van der Waals surface area contributed by atoms with E-state index in [1.165, 1.54) is 23.3 Å². The molecule has 2 aliphatic rings. The Bertz CT molecular complexity index is 1780. The van der Waals surface area contributed by atoms with Crippen LogP contribution in [-0.4, -0.2) is 55.3 Å². The number of ether oxygens (including phenoxy) is 5. The van der Waals surface area contributed by atoms with Crippen LogP contribution in [-0.2, 0) is 9.59 Å². The minimum atomic E-state index is -1.01. The fourth-order valence-corrected chi connectivity index (χ4v) is 6.47. The van der Waals surface area contributed by atoms with Gasteiger partial charge in [0.25, 0.3) is 5.78 Å². The molecule has 0 bridgehead atoms. The van der Waals surface area contributed by atoms with E-state index in [-0.39, 0.29) is 11.3 Å². The van der Waals surface area contributed by atoms with E-state index < -0.39 is 17.7 Å². The molecule has 1 atom stereocenters. The standard InChI is InChI=1S/C34H34N2O8S/c1-4-6-7-14-42-24-12-8-20(17-26(24)40-3)30-29(31(37)21-9-13-25-27(18-21)44-16-15-43-25)32(38)33(39)36(30)34-35-23-11-10-22(41-5-2)19-28(23)45-34/h8-13,17-19,30,37H,4-7,14-16H2,1-3H3. The van der Waals surface area contributed by atoms with Crippen LogP contribution >= 0.6 is 11.3 Å². The summed E-state index contributed by atoms with van der Waals surface area (Å²) < 4.78 is 29.4. The Hall–Kier alpha value is -4.77. The number of hydrogen-bond acceptors (Lipinski definition) is 10. The van der Waals surface area contributed by atoms with Crippen LogP contribution in [0, 0.1) is 0 Å². The van der Waals surface area contributed by atoms with Crippen LogP contribution in [0.3, 0.4) is 0 Å². The summed E-state index contributed by atoms with van der Waals surface area (Å²) >= 11 is 1.26. The molecule has 1 unspecified atom stereocenters. The van der Waals surface area contributed by atoms with Crippen molar-refractivity contribution >= 4 is 44.1 Å². The van der Waals surface area contributed by atoms with Crippen molar-refractivity contribution in [3.05, 3.63) is 71.3 Å². The molecule has 1 N–H and O–H groups in total. The number of methoxy groups -OCH3 is 1. The Morgan fingerprint density at radius 3 is 2.58 bits per heavy atom. The first kappa shape index (κ1) is 30.3. The van der Waals surface area contributed by atoms with Gasteiger partial charge >= 0.3 is 5.91 Å². The van der Waals surface area contributed by atoms with Gasteiger partial charge in [0.05, 0.1) is 42.2 Å². The van der Waals surface area contributed by atoms with Gasteiger partial charge in [-0.25, -0.2) is 4.98 Å². The molecular formula is C34H34N2O8S. The zero-order chi connectivity index (χ0) is 31.5. The first-order valence-corrected chi connectivity index (χ1v) is 15.8. The molecule has 2 aliphatic heterocycles. The Morgan fingerprint density at radius 2 is 1.80 bits per heavy atom. The Labute approximate surface area is 264 Å². The largest absolute Gasteiger partial charge is 0.507 e. The van der Waals surface area contributed by atoms with Gasteiger partial charge in [-0.1, -0.05) is 37.2 Å². The summed E-state index contributed by atoms with van der Waals surface area (Å²) in [6.07, 6.45) is 3.02. The number of aliphatic hydroxyl groups is 1. The lowest BCUT2D eigenvalue weighted by Gasteiger charge is -2.24. The molecule has 234 valence electrons. The predicted octanol–water partition coefficient (Wildman–Crippen LogP) is 6.67. The number of benzene rings is 3. The second-order valence-electron chi connectivity index (χ2n) is 10.6. The molecule has 10 nitrogen and oxygen atoms in total. The fraction of sp³-hybridized carbons (Fsp3) is 0.324. The summed E-state index contributed by atoms with van der Waals surface area (Å²) in [5.41, 5.74) is 1.43. The third-order valence-corrected chi connectivity index (χ3v) is 8.65. The number of aromatic nitrogens is 1. The van der Waals surface area contributed by atoms with Crippen LogP contribution in [0.2, 0.25) is 0 Å². The summed E-state index contributed by atoms with van der Waals surface area (Å²) in [5, 5.41) is 12.0. The first-order valence-electron chi connectivity index (χ1n) is 15.0. The van der Waals surface area contributed by atoms with Gasteiger partial charge in [-0.2, -0.15) is 0 Å². The zero-order valence-electron chi connectivity index (χ0n) is 25.3. The maximum atomic E-state index is 13.8. The number of carbonyl (C=O) groups excluding carboxylic acids is 2. The van der Waals surface area contributed by atoms with Crippen LogP contribution in [0.15, 0.2) is 60.2 Å². The third kappa shape index (κ3) is 5.87. The number of nitrogens with zero attached hydrogens (tertiary/aromatic N) is 2. The van der Waals surface area contributed by atoms with Gasteiger partial charge in [0.1, 0.15) is 24.7 Å². The van der Waals surface area contributed by atoms with Gasteiger partial charge in [-0.05, 0) is 67.4 Å². The van der Waals surface area contributed by atoms with Crippen LogP contribution in [0.5, 0.6) is 28.7 Å². The molecule has 1 fully saturated rings. The molecule has 3 heterocycles. The van der Waals surface area contributed by atoms with Crippen LogP contribution in [0.25, 0.3) is 16.0 Å². The van der Waals surface area contributed by atoms with E-state index in [0.717, 1.165) is 24.0 Å². The van der Waals surface area contributed by atoms with E-state index in [2.05, 4.69) is 6.92 Å². The number of hydrogen-bond donors (Lipinski definition) is 1. The molecule has 6 rings (SSSR count). The van der Waals surface area contributed by atoms with Gasteiger partial charge in [-0.15, -0.1) is 0 Å². The summed E-state index contributed by atoms with van der Waals surface area (Å²) in [6, 6.07) is 14.7. The number of thiazole rings is 1. The maximum absolute atomic E-state index is 13.8. The molecule has 0 radical (unpaired) electrons. The third-order valence-electron chi connectivity index (χ3n) is 7.63. The Balaban J connectivity index is 1.47. The van der Waals surface area contributed by atoms with Crippen LogP contribution in [0.1, 0.15) is 50.3 Å². The fourth-order valence-electron chi connectivity index (χ4n) is 5.45. The lowest BCUT2D eigenvalue weighted by molar-refractivity contribution is -0.132. The number of fused-ring (bicyclic) bond motifs is 2. The van der Waals surface area contributed by atoms with Crippen molar-refractivity contribution in [2.75, 3.05) is 38.4 Å². The lowest BCUT2D eigenvalue weighted by atomic mass is 9.95. The number of Topliss-reactive ketones (excluding diaryl/α,β-unsaturated/α-hetero) is 1. The summed E-state index contributed by atoms with van der Waals surface area (Å²) in [7, 11) is 1.54. The van der Waals surface area contributed by atoms with Crippen molar-refractivity contribution in [3.8, 4) is 28.7 Å². The summed E-state index contributed by atoms with van der Waals surface area (Å²) in [6.45, 7) is 5.83. The normalized spacial score (nSPS) is 17.1. The smallest absolute Gasteiger partial charge is 0.301 e. The van der Waals surface area contributed by atoms with E-state index >= 15 is 0 Å². The molecule has 0 saturated carbocycles. The monoisotopic (exact) mass is 630 g/mol. The Kier molecular flexibility index (Phi) is 8.79. The number of unbranched alkanes of at least 4 members (excludes halogenated alkanes) is 2. The molecule has 1 aromatic heterocycles. The molecule has 1 saturated heterocycles. The predicted molar refractivity (Wildman–Crippen MR) is 171 cm³/mol. The van der Waals surface area contributed by atoms with Gasteiger partial charge in [0.2, 0.25) is 0 Å². The van der Waals surface area contributed by atoms with Crippen molar-refractivity contribution in [1.82, 2.24) is 4.98 Å². The van der Waals surface area contributed by atoms with Crippen molar-refractivity contribution < 1.29 is 38.4 Å². The van der Waals surface area contributed by atoms with Gasteiger partial charge in [0.15, 0.2) is 28.1 Å².